The van der Waals surface area contributed by atoms with E-state index in [1.807, 2.05) is 0 Å². The Morgan fingerprint density at radius 2 is 1.97 bits per heavy atom. The van der Waals surface area contributed by atoms with Gasteiger partial charge >= 0.3 is 12.3 Å². The first-order valence-corrected chi connectivity index (χ1v) is 10.5. The summed E-state index contributed by atoms with van der Waals surface area (Å²) < 4.78 is 65.5. The SMILES string of the molecule is CC(C)(C)OC(=O)N[C@H]1CCC[C@@H]1Oc1nc(C(F)(F)F)c(-c2nc(Cl)ncc2F)s1. The van der Waals surface area contributed by atoms with Crippen molar-refractivity contribution in [1.29, 1.82) is 0 Å². The molecule has 1 aliphatic rings. The summed E-state index contributed by atoms with van der Waals surface area (Å²) in [6.45, 7) is 5.14. The summed E-state index contributed by atoms with van der Waals surface area (Å²) in [7, 11) is 0. The van der Waals surface area contributed by atoms with Gasteiger partial charge < -0.3 is 14.8 Å². The first-order chi connectivity index (χ1) is 14.3. The number of halogens is 5. The number of alkyl halides is 3. The fraction of sp³-hybridized carbons (Fsp3) is 0.556. The van der Waals surface area contributed by atoms with Crippen LogP contribution in [0.1, 0.15) is 45.7 Å². The number of nitrogens with zero attached hydrogens (tertiary/aromatic N) is 3. The lowest BCUT2D eigenvalue weighted by Gasteiger charge is -2.24. The van der Waals surface area contributed by atoms with E-state index < -0.39 is 57.4 Å². The number of alkyl carbamates (subject to hydrolysis) is 1. The molecule has 1 N–H and O–H groups in total. The fourth-order valence-corrected chi connectivity index (χ4v) is 4.14. The standard InChI is InChI=1S/C18H19ClF4N4O3S/c1-17(2,3)30-15(28)25-9-5-4-6-10(9)29-16-27-13(18(21,22)23)12(31-16)11-8(20)7-24-14(19)26-11/h7,9-10H,4-6H2,1-3H3,(H,25,28)/t9-,10-/m0/s1. The summed E-state index contributed by atoms with van der Waals surface area (Å²) in [4.78, 5) is 22.0. The molecule has 2 atom stereocenters. The second kappa shape index (κ2) is 8.73. The van der Waals surface area contributed by atoms with Crippen LogP contribution < -0.4 is 10.1 Å². The monoisotopic (exact) mass is 482 g/mol. The number of nitrogens with one attached hydrogen (secondary N) is 1. The van der Waals surface area contributed by atoms with Crippen molar-refractivity contribution in [3.63, 3.8) is 0 Å². The molecule has 2 aromatic heterocycles. The van der Waals surface area contributed by atoms with Crippen molar-refractivity contribution in [2.45, 2.75) is 64.0 Å². The van der Waals surface area contributed by atoms with E-state index in [0.29, 0.717) is 36.8 Å². The van der Waals surface area contributed by atoms with E-state index in [0.717, 1.165) is 0 Å². The maximum atomic E-state index is 14.1. The molecule has 0 aromatic carbocycles. The van der Waals surface area contributed by atoms with Gasteiger partial charge in [0.05, 0.1) is 17.1 Å². The van der Waals surface area contributed by atoms with Crippen LogP contribution >= 0.6 is 22.9 Å². The molecule has 1 amide bonds. The molecular formula is C18H19ClF4N4O3S. The Labute approximate surface area is 184 Å². The van der Waals surface area contributed by atoms with E-state index >= 15 is 0 Å². The highest BCUT2D eigenvalue weighted by Crippen LogP contribution is 2.43. The van der Waals surface area contributed by atoms with E-state index in [2.05, 4.69) is 20.3 Å². The van der Waals surface area contributed by atoms with Crippen LogP contribution in [0.15, 0.2) is 6.20 Å². The minimum Gasteiger partial charge on any atom is -0.465 e. The zero-order valence-corrected chi connectivity index (χ0v) is 18.3. The fourth-order valence-electron chi connectivity index (χ4n) is 3.03. The third-order valence-corrected chi connectivity index (χ3v) is 5.35. The predicted octanol–water partition coefficient (Wildman–Crippen LogP) is 5.24. The van der Waals surface area contributed by atoms with Crippen LogP contribution in [-0.4, -0.2) is 38.8 Å². The molecule has 3 rings (SSSR count). The number of ether oxygens (including phenoxy) is 2. The first-order valence-electron chi connectivity index (χ1n) is 9.26. The van der Waals surface area contributed by atoms with Gasteiger partial charge in [0.2, 0.25) is 5.28 Å². The molecule has 13 heteroatoms. The Balaban J connectivity index is 1.84. The third-order valence-electron chi connectivity index (χ3n) is 4.21. The predicted molar refractivity (Wildman–Crippen MR) is 105 cm³/mol. The normalized spacial score (nSPS) is 19.4. The van der Waals surface area contributed by atoms with Crippen LogP contribution in [0.25, 0.3) is 10.6 Å². The summed E-state index contributed by atoms with van der Waals surface area (Å²) in [5.41, 5.74) is -2.65. The molecule has 31 heavy (non-hydrogen) atoms. The average Bonchev–Trinajstić information content (AvgIpc) is 3.23. The van der Waals surface area contributed by atoms with Crippen LogP contribution in [0, 0.1) is 5.82 Å². The summed E-state index contributed by atoms with van der Waals surface area (Å²) in [5, 5.41) is 1.95. The highest BCUT2D eigenvalue weighted by atomic mass is 35.5. The van der Waals surface area contributed by atoms with Crippen molar-refractivity contribution in [3.05, 3.63) is 23.0 Å². The van der Waals surface area contributed by atoms with Gasteiger partial charge in [0.25, 0.3) is 5.19 Å². The van der Waals surface area contributed by atoms with Crippen molar-refractivity contribution < 1.29 is 31.8 Å². The van der Waals surface area contributed by atoms with Gasteiger partial charge in [-0.1, -0.05) is 11.3 Å². The molecule has 2 aromatic rings. The number of hydrogen-bond acceptors (Lipinski definition) is 7. The molecule has 0 unspecified atom stereocenters. The summed E-state index contributed by atoms with van der Waals surface area (Å²) in [6.07, 6.45) is -3.72. The lowest BCUT2D eigenvalue weighted by atomic mass is 10.2. The summed E-state index contributed by atoms with van der Waals surface area (Å²) >= 11 is 6.12. The number of rotatable bonds is 4. The number of thiazole rings is 1. The lowest BCUT2D eigenvalue weighted by molar-refractivity contribution is -0.140. The van der Waals surface area contributed by atoms with Gasteiger partial charge in [0, 0.05) is 0 Å². The molecule has 0 aliphatic heterocycles. The Morgan fingerprint density at radius 1 is 1.26 bits per heavy atom. The molecule has 1 fully saturated rings. The topological polar surface area (TPSA) is 86.2 Å². The van der Waals surface area contributed by atoms with Gasteiger partial charge in [-0.25, -0.2) is 19.2 Å². The molecule has 1 aliphatic carbocycles. The molecule has 170 valence electrons. The van der Waals surface area contributed by atoms with Crippen molar-refractivity contribution in [2.75, 3.05) is 0 Å². The van der Waals surface area contributed by atoms with E-state index in [9.17, 15) is 22.4 Å². The molecule has 0 saturated heterocycles. The second-order valence-electron chi connectivity index (χ2n) is 7.83. The lowest BCUT2D eigenvalue weighted by Crippen LogP contribution is -2.44. The minimum atomic E-state index is -4.87. The summed E-state index contributed by atoms with van der Waals surface area (Å²) in [5.74, 6) is -1.07. The molecule has 7 nitrogen and oxygen atoms in total. The number of aromatic nitrogens is 3. The quantitative estimate of drug-likeness (QED) is 0.474. The average molecular weight is 483 g/mol. The van der Waals surface area contributed by atoms with Crippen molar-refractivity contribution in [3.8, 4) is 15.8 Å². The van der Waals surface area contributed by atoms with Crippen LogP contribution in [0.4, 0.5) is 22.4 Å². The van der Waals surface area contributed by atoms with Crippen LogP contribution in [0.5, 0.6) is 5.19 Å². The highest BCUT2D eigenvalue weighted by molar-refractivity contribution is 7.17. The van der Waals surface area contributed by atoms with Gasteiger partial charge in [-0.05, 0) is 51.6 Å². The van der Waals surface area contributed by atoms with Gasteiger partial charge in [-0.15, -0.1) is 0 Å². The maximum absolute atomic E-state index is 14.1. The maximum Gasteiger partial charge on any atom is 0.435 e. The van der Waals surface area contributed by atoms with Crippen LogP contribution in [0.2, 0.25) is 5.28 Å². The number of carbonyl (C=O) groups is 1. The first kappa shape index (κ1) is 23.5. The van der Waals surface area contributed by atoms with E-state index in [1.165, 1.54) is 0 Å². The van der Waals surface area contributed by atoms with Crippen molar-refractivity contribution in [2.24, 2.45) is 0 Å². The molecule has 0 spiro atoms. The number of carbonyl (C=O) groups excluding carboxylic acids is 1. The van der Waals surface area contributed by atoms with Crippen molar-refractivity contribution >= 4 is 29.0 Å². The molecule has 0 bridgehead atoms. The second-order valence-corrected chi connectivity index (χ2v) is 9.13. The van der Waals surface area contributed by atoms with Crippen LogP contribution in [-0.2, 0) is 10.9 Å². The van der Waals surface area contributed by atoms with E-state index in [1.54, 1.807) is 20.8 Å². The van der Waals surface area contributed by atoms with E-state index in [-0.39, 0.29) is 5.19 Å². The Morgan fingerprint density at radius 3 is 2.61 bits per heavy atom. The highest BCUT2D eigenvalue weighted by Gasteiger charge is 2.40. The van der Waals surface area contributed by atoms with Crippen LogP contribution in [0.3, 0.4) is 0 Å². The minimum absolute atomic E-state index is 0.320. The van der Waals surface area contributed by atoms with E-state index in [4.69, 9.17) is 21.1 Å². The Hall–Kier alpha value is -2.21. The molecule has 0 radical (unpaired) electrons. The molecule has 2 heterocycles. The Bertz CT molecular complexity index is 964. The molecular weight excluding hydrogens is 464 g/mol. The Kier molecular flexibility index (Phi) is 6.61. The zero-order chi connectivity index (χ0) is 23.0. The summed E-state index contributed by atoms with van der Waals surface area (Å²) in [6, 6.07) is -0.471. The number of hydrogen-bond donors (Lipinski definition) is 1. The van der Waals surface area contributed by atoms with Gasteiger partial charge in [0.1, 0.15) is 17.4 Å². The third kappa shape index (κ3) is 5.94. The largest absolute Gasteiger partial charge is 0.465 e. The molecule has 1 saturated carbocycles. The smallest absolute Gasteiger partial charge is 0.435 e. The van der Waals surface area contributed by atoms with Gasteiger partial charge in [-0.3, -0.25) is 0 Å². The number of amides is 1. The van der Waals surface area contributed by atoms with Gasteiger partial charge in [0.15, 0.2) is 11.5 Å². The van der Waals surface area contributed by atoms with Gasteiger partial charge in [-0.2, -0.15) is 18.2 Å². The zero-order valence-electron chi connectivity index (χ0n) is 16.7. The van der Waals surface area contributed by atoms with Crippen molar-refractivity contribution in [1.82, 2.24) is 20.3 Å².